The van der Waals surface area contributed by atoms with E-state index in [1.165, 1.54) is 45.9 Å². The summed E-state index contributed by atoms with van der Waals surface area (Å²) < 4.78 is 15.7. The van der Waals surface area contributed by atoms with Crippen molar-refractivity contribution in [3.05, 3.63) is 72.1 Å². The largest absolute Gasteiger partial charge is 0.493 e. The van der Waals surface area contributed by atoms with Crippen LogP contribution in [0.25, 0.3) is 0 Å². The number of methoxy groups -OCH3 is 3. The molecular weight excluding hydrogens is 416 g/mol. The van der Waals surface area contributed by atoms with Crippen molar-refractivity contribution in [2.24, 2.45) is 10.2 Å². The van der Waals surface area contributed by atoms with Crippen molar-refractivity contribution < 1.29 is 28.6 Å². The summed E-state index contributed by atoms with van der Waals surface area (Å²) in [7, 11) is 4.38. The van der Waals surface area contributed by atoms with E-state index in [4.69, 9.17) is 19.0 Å². The van der Waals surface area contributed by atoms with Crippen LogP contribution in [0.15, 0.2) is 71.2 Å². The summed E-state index contributed by atoms with van der Waals surface area (Å²) in [6.45, 7) is 0. The number of benzene rings is 2. The van der Waals surface area contributed by atoms with E-state index < -0.39 is 11.9 Å². The van der Waals surface area contributed by atoms with E-state index in [2.05, 4.69) is 20.7 Å². The van der Waals surface area contributed by atoms with Crippen LogP contribution in [0.2, 0.25) is 0 Å². The Morgan fingerprint density at radius 3 is 2.03 bits per heavy atom. The van der Waals surface area contributed by atoms with Crippen LogP contribution < -0.4 is 19.7 Å². The number of carbonyl (C=O) groups is 2. The number of nitrogens with one attached hydrogen (secondary N) is 1. The number of azo groups is 1. The van der Waals surface area contributed by atoms with Crippen LogP contribution in [-0.4, -0.2) is 38.2 Å². The first kappa shape index (κ1) is 22.2. The first-order chi connectivity index (χ1) is 15.5. The van der Waals surface area contributed by atoms with Gasteiger partial charge < -0.3 is 19.0 Å². The molecular formula is C22H20N4O6. The van der Waals surface area contributed by atoms with Gasteiger partial charge in [-0.3, -0.25) is 9.78 Å². The number of ether oxygens (including phenoxy) is 3. The number of hydrogen-bond acceptors (Lipinski definition) is 9. The predicted molar refractivity (Wildman–Crippen MR) is 115 cm³/mol. The van der Waals surface area contributed by atoms with Crippen LogP contribution in [0.5, 0.6) is 17.2 Å². The van der Waals surface area contributed by atoms with Crippen LogP contribution in [0.4, 0.5) is 11.4 Å². The van der Waals surface area contributed by atoms with Gasteiger partial charge in [0.25, 0.3) is 5.91 Å². The summed E-state index contributed by atoms with van der Waals surface area (Å²) in [4.78, 5) is 33.3. The van der Waals surface area contributed by atoms with Gasteiger partial charge in [0.05, 0.1) is 38.3 Å². The minimum absolute atomic E-state index is 0.201. The summed E-state index contributed by atoms with van der Waals surface area (Å²) >= 11 is 0. The highest BCUT2D eigenvalue weighted by atomic mass is 16.7. The molecule has 3 rings (SSSR count). The molecule has 1 amide bonds. The first-order valence-electron chi connectivity index (χ1n) is 9.29. The fourth-order valence-corrected chi connectivity index (χ4v) is 2.61. The van der Waals surface area contributed by atoms with Crippen LogP contribution >= 0.6 is 0 Å². The Labute approximate surface area is 183 Å². The minimum Gasteiger partial charge on any atom is -0.493 e. The zero-order valence-electron chi connectivity index (χ0n) is 17.6. The topological polar surface area (TPSA) is 121 Å². The number of rotatable bonds is 8. The maximum Gasteiger partial charge on any atom is 0.363 e. The molecule has 10 heteroatoms. The summed E-state index contributed by atoms with van der Waals surface area (Å²) in [5.41, 5.74) is 4.09. The van der Waals surface area contributed by atoms with Gasteiger partial charge in [0.15, 0.2) is 11.5 Å². The molecule has 0 fully saturated rings. The highest BCUT2D eigenvalue weighted by Gasteiger charge is 2.18. The normalized spacial score (nSPS) is 10.5. The van der Waals surface area contributed by atoms with Gasteiger partial charge in [0.2, 0.25) is 5.75 Å². The molecule has 0 saturated heterocycles. The van der Waals surface area contributed by atoms with Crippen LogP contribution in [0.1, 0.15) is 20.7 Å². The second-order valence-corrected chi connectivity index (χ2v) is 6.19. The van der Waals surface area contributed by atoms with Crippen molar-refractivity contribution in [1.82, 2.24) is 4.98 Å². The zero-order valence-corrected chi connectivity index (χ0v) is 17.6. The lowest BCUT2D eigenvalue weighted by molar-refractivity contribution is 0.0595. The van der Waals surface area contributed by atoms with E-state index in [9.17, 15) is 9.59 Å². The summed E-state index contributed by atoms with van der Waals surface area (Å²) in [6, 6.07) is 12.5. The lowest BCUT2D eigenvalue weighted by atomic mass is 10.2. The molecule has 0 radical (unpaired) electrons. The van der Waals surface area contributed by atoms with E-state index >= 15 is 0 Å². The fourth-order valence-electron chi connectivity index (χ4n) is 2.61. The van der Waals surface area contributed by atoms with E-state index in [1.54, 1.807) is 36.4 Å². The van der Waals surface area contributed by atoms with Crippen molar-refractivity contribution in [2.45, 2.75) is 0 Å². The lowest BCUT2D eigenvalue weighted by Crippen LogP contribution is -2.11. The molecule has 0 aliphatic heterocycles. The van der Waals surface area contributed by atoms with E-state index in [-0.39, 0.29) is 5.56 Å². The van der Waals surface area contributed by atoms with Gasteiger partial charge in [0, 0.05) is 18.0 Å². The second kappa shape index (κ2) is 10.5. The van der Waals surface area contributed by atoms with Gasteiger partial charge >= 0.3 is 5.97 Å². The molecule has 0 aliphatic rings. The Bertz CT molecular complexity index is 1090. The Hall–Kier alpha value is -4.47. The highest BCUT2D eigenvalue weighted by molar-refractivity contribution is 5.94. The number of pyridine rings is 1. The molecule has 2 aromatic carbocycles. The van der Waals surface area contributed by atoms with E-state index in [0.29, 0.717) is 34.2 Å². The zero-order chi connectivity index (χ0) is 22.9. The summed E-state index contributed by atoms with van der Waals surface area (Å²) in [5, 5.41) is 7.57. The standard InChI is InChI=1S/C22H20N4O6/c1-29-18-12-15(13-19(30-2)20(18)31-3)22(28)32-26-17-6-4-16(5-7-17)24-25-21(27)14-8-10-23-11-9-14/h4-13,26H,1-3H3. The van der Waals surface area contributed by atoms with Gasteiger partial charge in [-0.1, -0.05) is 0 Å². The molecule has 10 nitrogen and oxygen atoms in total. The van der Waals surface area contributed by atoms with Crippen molar-refractivity contribution in [3.63, 3.8) is 0 Å². The lowest BCUT2D eigenvalue weighted by Gasteiger charge is -2.14. The minimum atomic E-state index is -0.657. The molecule has 1 heterocycles. The smallest absolute Gasteiger partial charge is 0.363 e. The molecule has 0 bridgehead atoms. The van der Waals surface area contributed by atoms with Gasteiger partial charge in [-0.2, -0.15) is 0 Å². The maximum atomic E-state index is 12.4. The Morgan fingerprint density at radius 1 is 0.844 bits per heavy atom. The van der Waals surface area contributed by atoms with Crippen LogP contribution in [-0.2, 0) is 4.84 Å². The van der Waals surface area contributed by atoms with Crippen LogP contribution in [0.3, 0.4) is 0 Å². The molecule has 3 aromatic rings. The quantitative estimate of drug-likeness (QED) is 0.412. The third-order valence-corrected chi connectivity index (χ3v) is 4.21. The number of anilines is 1. The average Bonchev–Trinajstić information content (AvgIpc) is 2.85. The molecule has 0 aliphatic carbocycles. The summed E-state index contributed by atoms with van der Waals surface area (Å²) in [5.74, 6) is -0.110. The van der Waals surface area contributed by atoms with Gasteiger partial charge in [0.1, 0.15) is 0 Å². The maximum absolute atomic E-state index is 12.4. The SMILES string of the molecule is COc1cc(C(=O)ONc2ccc(N=NC(=O)c3ccncc3)cc2)cc(OC)c1OC. The number of aromatic nitrogens is 1. The third kappa shape index (κ3) is 5.36. The fraction of sp³-hybridized carbons (Fsp3) is 0.136. The number of nitrogens with zero attached hydrogens (tertiary/aromatic N) is 3. The molecule has 0 atom stereocenters. The van der Waals surface area contributed by atoms with Gasteiger partial charge in [-0.25, -0.2) is 10.3 Å². The molecule has 0 spiro atoms. The van der Waals surface area contributed by atoms with Crippen molar-refractivity contribution in [3.8, 4) is 17.2 Å². The third-order valence-electron chi connectivity index (χ3n) is 4.21. The molecule has 32 heavy (non-hydrogen) atoms. The highest BCUT2D eigenvalue weighted by Crippen LogP contribution is 2.38. The van der Waals surface area contributed by atoms with E-state index in [0.717, 1.165) is 0 Å². The molecule has 0 unspecified atom stereocenters. The summed E-state index contributed by atoms with van der Waals surface area (Å²) in [6.07, 6.45) is 3.01. The second-order valence-electron chi connectivity index (χ2n) is 6.19. The molecule has 0 saturated carbocycles. The number of carbonyl (C=O) groups excluding carboxylic acids is 2. The van der Waals surface area contributed by atoms with Crippen molar-refractivity contribution in [1.29, 1.82) is 0 Å². The number of hydrogen-bond donors (Lipinski definition) is 1. The number of amides is 1. The van der Waals surface area contributed by atoms with Crippen molar-refractivity contribution in [2.75, 3.05) is 26.8 Å². The first-order valence-corrected chi connectivity index (χ1v) is 9.29. The van der Waals surface area contributed by atoms with E-state index in [1.807, 2.05) is 0 Å². The molecule has 164 valence electrons. The van der Waals surface area contributed by atoms with Gasteiger partial charge in [-0.15, -0.1) is 10.2 Å². The Balaban J connectivity index is 1.62. The Kier molecular flexibility index (Phi) is 7.31. The monoisotopic (exact) mass is 436 g/mol. The van der Waals surface area contributed by atoms with Crippen molar-refractivity contribution >= 4 is 23.3 Å². The van der Waals surface area contributed by atoms with Crippen LogP contribution in [0, 0.1) is 0 Å². The average molecular weight is 436 g/mol. The molecule has 1 aromatic heterocycles. The van der Waals surface area contributed by atoms with Gasteiger partial charge in [-0.05, 0) is 48.5 Å². The Morgan fingerprint density at radius 2 is 1.47 bits per heavy atom. The molecule has 1 N–H and O–H groups in total. The predicted octanol–water partition coefficient (Wildman–Crippen LogP) is 4.22.